The Kier molecular flexibility index (Phi) is 1.88. The first-order valence-electron chi connectivity index (χ1n) is 4.09. The van der Waals surface area contributed by atoms with E-state index < -0.39 is 0 Å². The van der Waals surface area contributed by atoms with Crippen molar-refractivity contribution in [2.24, 2.45) is 0 Å². The topological polar surface area (TPSA) is 69.6 Å². The van der Waals surface area contributed by atoms with Gasteiger partial charge in [0, 0.05) is 0 Å². The molecule has 13 heavy (non-hydrogen) atoms. The van der Waals surface area contributed by atoms with E-state index in [0.29, 0.717) is 0 Å². The molecule has 0 aliphatic carbocycles. The molecule has 0 aliphatic rings. The van der Waals surface area contributed by atoms with E-state index >= 15 is 0 Å². The maximum Gasteiger partial charge on any atom is 0.255 e. The highest BCUT2D eigenvalue weighted by Crippen LogP contribution is 2.08. The van der Waals surface area contributed by atoms with E-state index in [1.165, 1.54) is 0 Å². The predicted molar refractivity (Wildman–Crippen MR) is 51.4 cm³/mol. The molecule has 0 amide bonds. The van der Waals surface area contributed by atoms with Crippen LogP contribution in [-0.2, 0) is 0 Å². The Bertz CT molecular complexity index is 424. The number of nitrogens with two attached hydrogens (primary N) is 1. The Hall–Kier alpha value is -1.59. The lowest BCUT2D eigenvalue weighted by Crippen LogP contribution is -2.04. The van der Waals surface area contributed by atoms with Gasteiger partial charge < -0.3 is 10.2 Å². The van der Waals surface area contributed by atoms with Gasteiger partial charge in [0.05, 0.1) is 12.5 Å². The molecule has 0 saturated heterocycles. The van der Waals surface area contributed by atoms with Gasteiger partial charge in [-0.25, -0.2) is 9.97 Å². The molecule has 0 aliphatic heterocycles. The van der Waals surface area contributed by atoms with Gasteiger partial charge in [0.1, 0.15) is 5.52 Å². The Morgan fingerprint density at radius 3 is 3.15 bits per heavy atom. The minimum absolute atomic E-state index is 0.277. The quantitative estimate of drug-likeness (QED) is 0.665. The lowest BCUT2D eigenvalue weighted by atomic mass is 9.90. The van der Waals surface area contributed by atoms with Gasteiger partial charge in [-0.1, -0.05) is 13.2 Å². The highest BCUT2D eigenvalue weighted by atomic mass is 15.1. The summed E-state index contributed by atoms with van der Waals surface area (Å²) in [6, 6.07) is 0. The molecule has 0 bridgehead atoms. The first-order valence-corrected chi connectivity index (χ1v) is 4.09. The fourth-order valence-electron chi connectivity index (χ4n) is 1.17. The third kappa shape index (κ3) is 1.35. The normalized spacial score (nSPS) is 10.5. The molecular formula is C7H9BN5. The molecular weight excluding hydrogens is 165 g/mol. The van der Waals surface area contributed by atoms with Gasteiger partial charge in [0.15, 0.2) is 5.65 Å². The van der Waals surface area contributed by atoms with Crippen LogP contribution in [0.4, 0.5) is 5.95 Å². The monoisotopic (exact) mass is 174 g/mol. The van der Waals surface area contributed by atoms with Crippen LogP contribution < -0.4 is 5.73 Å². The average molecular weight is 174 g/mol. The summed E-state index contributed by atoms with van der Waals surface area (Å²) >= 11 is 0. The predicted octanol–water partition coefficient (Wildman–Crippen LogP) is 0.314. The Balaban J connectivity index is 2.58. The van der Waals surface area contributed by atoms with Crippen molar-refractivity contribution in [3.8, 4) is 0 Å². The fraction of sp³-hybridized carbons (Fsp3) is 0.286. The van der Waals surface area contributed by atoms with E-state index in [1.807, 2.05) is 11.9 Å². The van der Waals surface area contributed by atoms with Crippen molar-refractivity contribution in [1.82, 2.24) is 19.4 Å². The average Bonchev–Trinajstić information content (AvgIpc) is 2.49. The van der Waals surface area contributed by atoms with E-state index in [-0.39, 0.29) is 5.95 Å². The van der Waals surface area contributed by atoms with E-state index in [4.69, 9.17) is 5.73 Å². The fourth-order valence-corrected chi connectivity index (χ4v) is 1.17. The number of nitrogen functional groups attached to an aromatic ring is 1. The summed E-state index contributed by atoms with van der Waals surface area (Å²) in [7, 11) is 1.99. The SMILES string of the molecule is CC[B]n1cnc2cnc(N)nc21. The minimum Gasteiger partial charge on any atom is -0.368 e. The molecule has 0 unspecified atom stereocenters. The summed E-state index contributed by atoms with van der Waals surface area (Å²) in [5.41, 5.74) is 6.99. The third-order valence-corrected chi connectivity index (χ3v) is 1.71. The summed E-state index contributed by atoms with van der Waals surface area (Å²) in [5.74, 6) is 0.277. The second kappa shape index (κ2) is 3.04. The molecule has 0 atom stereocenters. The molecule has 0 fully saturated rings. The minimum atomic E-state index is 0.277. The third-order valence-electron chi connectivity index (χ3n) is 1.71. The molecule has 0 saturated carbocycles. The van der Waals surface area contributed by atoms with Crippen LogP contribution in [0, 0.1) is 0 Å². The molecule has 2 aromatic rings. The molecule has 5 nitrogen and oxygen atoms in total. The lowest BCUT2D eigenvalue weighted by molar-refractivity contribution is 1.15. The van der Waals surface area contributed by atoms with E-state index in [9.17, 15) is 0 Å². The standard InChI is InChI=1S/C7H9BN5/c1-2-8-13-4-11-5-3-10-7(9)12-6(5)13/h3-4H,2H2,1H3,(H2,9,10,12). The molecule has 0 aromatic carbocycles. The molecule has 2 rings (SSSR count). The van der Waals surface area contributed by atoms with Crippen molar-refractivity contribution in [3.05, 3.63) is 12.5 Å². The number of aromatic nitrogens is 4. The maximum absolute atomic E-state index is 5.47. The number of fused-ring (bicyclic) bond motifs is 1. The molecule has 2 N–H and O–H groups in total. The van der Waals surface area contributed by atoms with Gasteiger partial charge in [-0.15, -0.1) is 0 Å². The number of rotatable bonds is 2. The first kappa shape index (κ1) is 8.03. The first-order chi connectivity index (χ1) is 6.31. The highest BCUT2D eigenvalue weighted by Gasteiger charge is 2.04. The van der Waals surface area contributed by atoms with Crippen LogP contribution in [0.15, 0.2) is 12.5 Å². The Morgan fingerprint density at radius 2 is 2.38 bits per heavy atom. The van der Waals surface area contributed by atoms with Crippen LogP contribution in [0.1, 0.15) is 6.92 Å². The van der Waals surface area contributed by atoms with Crippen molar-refractivity contribution < 1.29 is 0 Å². The van der Waals surface area contributed by atoms with Gasteiger partial charge in [0.2, 0.25) is 5.95 Å². The van der Waals surface area contributed by atoms with Crippen molar-refractivity contribution in [2.45, 2.75) is 13.2 Å². The van der Waals surface area contributed by atoms with Gasteiger partial charge in [-0.2, -0.15) is 4.98 Å². The van der Waals surface area contributed by atoms with Gasteiger partial charge in [-0.05, 0) is 0 Å². The van der Waals surface area contributed by atoms with Gasteiger partial charge in [-0.3, -0.25) is 0 Å². The maximum atomic E-state index is 5.47. The van der Waals surface area contributed by atoms with Crippen LogP contribution in [0.3, 0.4) is 0 Å². The number of hydrogen-bond donors (Lipinski definition) is 1. The van der Waals surface area contributed by atoms with Crippen molar-refractivity contribution >= 4 is 24.5 Å². The summed E-state index contributed by atoms with van der Waals surface area (Å²) in [4.78, 5) is 12.1. The molecule has 65 valence electrons. The zero-order valence-corrected chi connectivity index (χ0v) is 7.31. The van der Waals surface area contributed by atoms with Crippen LogP contribution in [0.5, 0.6) is 0 Å². The summed E-state index contributed by atoms with van der Waals surface area (Å²) in [6.45, 7) is 2.05. The molecule has 2 aromatic heterocycles. The Labute approximate surface area is 76.3 Å². The summed E-state index contributed by atoms with van der Waals surface area (Å²) in [6.07, 6.45) is 4.26. The lowest BCUT2D eigenvalue weighted by Gasteiger charge is -1.98. The summed E-state index contributed by atoms with van der Waals surface area (Å²) < 4.78 is 1.85. The number of imidazole rings is 1. The van der Waals surface area contributed by atoms with Crippen molar-refractivity contribution in [3.63, 3.8) is 0 Å². The zero-order chi connectivity index (χ0) is 9.26. The van der Waals surface area contributed by atoms with Crippen LogP contribution in [-0.4, -0.2) is 26.8 Å². The van der Waals surface area contributed by atoms with E-state index in [0.717, 1.165) is 17.5 Å². The van der Waals surface area contributed by atoms with E-state index in [1.54, 1.807) is 12.5 Å². The summed E-state index contributed by atoms with van der Waals surface area (Å²) in [5, 5.41) is 0. The van der Waals surface area contributed by atoms with Crippen LogP contribution >= 0.6 is 0 Å². The second-order valence-corrected chi connectivity index (χ2v) is 2.68. The van der Waals surface area contributed by atoms with Gasteiger partial charge in [0.25, 0.3) is 7.41 Å². The largest absolute Gasteiger partial charge is 0.368 e. The molecule has 6 heteroatoms. The molecule has 0 spiro atoms. The Morgan fingerprint density at radius 1 is 1.54 bits per heavy atom. The smallest absolute Gasteiger partial charge is 0.255 e. The van der Waals surface area contributed by atoms with Crippen LogP contribution in [0.2, 0.25) is 6.32 Å². The highest BCUT2D eigenvalue weighted by molar-refractivity contribution is 6.34. The van der Waals surface area contributed by atoms with Gasteiger partial charge >= 0.3 is 0 Å². The molecule has 1 radical (unpaired) electrons. The number of anilines is 1. The van der Waals surface area contributed by atoms with Crippen molar-refractivity contribution in [2.75, 3.05) is 5.73 Å². The number of hydrogen-bond acceptors (Lipinski definition) is 4. The van der Waals surface area contributed by atoms with E-state index in [2.05, 4.69) is 21.9 Å². The van der Waals surface area contributed by atoms with Crippen molar-refractivity contribution in [1.29, 1.82) is 0 Å². The number of nitrogens with zero attached hydrogens (tertiary/aromatic N) is 4. The zero-order valence-electron chi connectivity index (χ0n) is 7.31. The van der Waals surface area contributed by atoms with Crippen LogP contribution in [0.25, 0.3) is 11.2 Å². The molecule has 2 heterocycles. The second-order valence-electron chi connectivity index (χ2n) is 2.68.